The molecule has 1 saturated heterocycles. The molecule has 0 spiro atoms. The van der Waals surface area contributed by atoms with E-state index in [0.717, 1.165) is 10.8 Å². The molecule has 1 aliphatic rings. The lowest BCUT2D eigenvalue weighted by molar-refractivity contribution is -0.283. The van der Waals surface area contributed by atoms with Crippen LogP contribution in [0.1, 0.15) is 32.3 Å². The second kappa shape index (κ2) is 10.5. The summed E-state index contributed by atoms with van der Waals surface area (Å²) in [4.78, 5) is 24.0. The molecule has 170 valence electrons. The maximum absolute atomic E-state index is 12.6. The lowest BCUT2D eigenvalue weighted by atomic mass is 9.96. The van der Waals surface area contributed by atoms with E-state index in [9.17, 15) is 30.0 Å². The van der Waals surface area contributed by atoms with Crippen LogP contribution in [-0.4, -0.2) is 70.2 Å². The zero-order chi connectivity index (χ0) is 23.3. The van der Waals surface area contributed by atoms with E-state index in [1.807, 2.05) is 32.0 Å². The number of fused-ring (bicyclic) bond motifs is 1. The van der Waals surface area contributed by atoms with E-state index in [0.29, 0.717) is 11.3 Å². The molecule has 1 heterocycles. The van der Waals surface area contributed by atoms with Crippen LogP contribution in [0.4, 0.5) is 0 Å². The smallest absolute Gasteiger partial charge is 0.336 e. The number of carboxylic acids is 1. The van der Waals surface area contributed by atoms with Gasteiger partial charge in [-0.25, -0.2) is 4.79 Å². The number of hydrogen-bond donors (Lipinski definition) is 4. The Hall–Kier alpha value is -2.72. The predicted octanol–water partition coefficient (Wildman–Crippen LogP) is 1.41. The van der Waals surface area contributed by atoms with Gasteiger partial charge in [0.15, 0.2) is 18.5 Å². The molecule has 0 aliphatic carbocycles. The number of benzene rings is 2. The first-order valence-electron chi connectivity index (χ1n) is 9.93. The predicted molar refractivity (Wildman–Crippen MR) is 111 cm³/mol. The lowest BCUT2D eigenvalue weighted by Crippen LogP contribution is -2.61. The van der Waals surface area contributed by atoms with Gasteiger partial charge in [0.05, 0.1) is 13.0 Å². The van der Waals surface area contributed by atoms with E-state index in [-0.39, 0.29) is 0 Å². The number of aliphatic hydroxyl groups is 3. The number of esters is 1. The Morgan fingerprint density at radius 1 is 1.00 bits per heavy atom. The van der Waals surface area contributed by atoms with Crippen LogP contribution in [-0.2, 0) is 19.1 Å². The lowest BCUT2D eigenvalue weighted by Gasteiger charge is -2.38. The van der Waals surface area contributed by atoms with Gasteiger partial charge in [0.25, 0.3) is 0 Å². The van der Waals surface area contributed by atoms with Crippen molar-refractivity contribution in [2.24, 2.45) is 0 Å². The van der Waals surface area contributed by atoms with Crippen LogP contribution in [0.15, 0.2) is 36.4 Å². The largest absolute Gasteiger partial charge is 0.497 e. The third-order valence-electron chi connectivity index (χ3n) is 4.98. The molecule has 6 atom stereocenters. The molecule has 0 amide bonds. The highest BCUT2D eigenvalue weighted by Gasteiger charge is 2.49. The minimum atomic E-state index is -1.91. The van der Waals surface area contributed by atoms with E-state index in [2.05, 4.69) is 0 Å². The molecular formula is C22H28O9. The van der Waals surface area contributed by atoms with Crippen LogP contribution in [0.2, 0.25) is 0 Å². The van der Waals surface area contributed by atoms with Gasteiger partial charge in [0, 0.05) is 0 Å². The molecule has 1 aliphatic heterocycles. The number of carbonyl (C=O) groups is 2. The van der Waals surface area contributed by atoms with Crippen molar-refractivity contribution in [3.63, 3.8) is 0 Å². The molecule has 4 N–H and O–H groups in total. The number of aliphatic hydroxyl groups excluding tert-OH is 3. The molecule has 0 radical (unpaired) electrons. The van der Waals surface area contributed by atoms with Crippen molar-refractivity contribution in [2.45, 2.75) is 57.4 Å². The minimum absolute atomic E-state index is 0.617. The summed E-state index contributed by atoms with van der Waals surface area (Å²) in [5.41, 5.74) is 0.617. The van der Waals surface area contributed by atoms with Crippen LogP contribution < -0.4 is 4.74 Å². The maximum atomic E-state index is 12.6. The standard InChI is InChI=1S/C20H22O9.C2H6/c1-9(10-3-4-12-8-13(27-2)6-5-11(12)7-10)19(25)28-16-14(21)15(22)20(26)29-17(16)18(23)24;1-2/h3-9,14-17,20-22,26H,1-2H3,(H,23,24);1-2H3/t9-,14?,15?,16?,17?,20?;/m0./s1. The Morgan fingerprint density at radius 2 is 1.61 bits per heavy atom. The van der Waals surface area contributed by atoms with Gasteiger partial charge in [-0.05, 0) is 35.4 Å². The topological polar surface area (TPSA) is 143 Å². The van der Waals surface area contributed by atoms with E-state index in [1.165, 1.54) is 0 Å². The van der Waals surface area contributed by atoms with Crippen molar-refractivity contribution in [1.29, 1.82) is 0 Å². The molecular weight excluding hydrogens is 408 g/mol. The average molecular weight is 436 g/mol. The molecule has 0 bridgehead atoms. The van der Waals surface area contributed by atoms with Crippen molar-refractivity contribution < 1.29 is 44.2 Å². The number of ether oxygens (including phenoxy) is 3. The molecule has 2 aromatic rings. The molecule has 5 unspecified atom stereocenters. The average Bonchev–Trinajstić information content (AvgIpc) is 2.78. The molecule has 3 rings (SSSR count). The van der Waals surface area contributed by atoms with E-state index < -0.39 is 48.6 Å². The first-order valence-corrected chi connectivity index (χ1v) is 9.93. The summed E-state index contributed by atoms with van der Waals surface area (Å²) in [6.45, 7) is 5.57. The molecule has 31 heavy (non-hydrogen) atoms. The van der Waals surface area contributed by atoms with Crippen molar-refractivity contribution in [3.8, 4) is 5.75 Å². The summed E-state index contributed by atoms with van der Waals surface area (Å²) in [6.07, 6.45) is -9.03. The van der Waals surface area contributed by atoms with Crippen LogP contribution in [0.25, 0.3) is 10.8 Å². The Labute approximate surface area is 179 Å². The summed E-state index contributed by atoms with van der Waals surface area (Å²) >= 11 is 0. The van der Waals surface area contributed by atoms with E-state index in [1.54, 1.807) is 32.2 Å². The number of carbonyl (C=O) groups excluding carboxylic acids is 1. The summed E-state index contributed by atoms with van der Waals surface area (Å²) in [5.74, 6) is -2.43. The number of hydrogen-bond acceptors (Lipinski definition) is 8. The van der Waals surface area contributed by atoms with Crippen molar-refractivity contribution >= 4 is 22.7 Å². The highest BCUT2D eigenvalue weighted by molar-refractivity contribution is 5.87. The highest BCUT2D eigenvalue weighted by Crippen LogP contribution is 2.28. The molecule has 1 fully saturated rings. The quantitative estimate of drug-likeness (QED) is 0.512. The first kappa shape index (κ1) is 24.5. The van der Waals surface area contributed by atoms with Crippen molar-refractivity contribution in [3.05, 3.63) is 42.0 Å². The fourth-order valence-corrected chi connectivity index (χ4v) is 3.19. The highest BCUT2D eigenvalue weighted by atomic mass is 16.7. The molecule has 0 aromatic heterocycles. The summed E-state index contributed by atoms with van der Waals surface area (Å²) in [6, 6.07) is 10.8. The van der Waals surface area contributed by atoms with Gasteiger partial charge >= 0.3 is 11.9 Å². The fourth-order valence-electron chi connectivity index (χ4n) is 3.19. The Bertz CT molecular complexity index is 913. The van der Waals surface area contributed by atoms with Gasteiger partial charge in [0.1, 0.15) is 18.0 Å². The summed E-state index contributed by atoms with van der Waals surface area (Å²) in [5, 5.41) is 40.3. The SMILES string of the molecule is CC.COc1ccc2cc([C@H](C)C(=O)OC3C(C(=O)O)OC(O)C(O)C3O)ccc2c1. The molecule has 2 aromatic carbocycles. The third kappa shape index (κ3) is 5.31. The number of aliphatic carboxylic acids is 1. The second-order valence-electron chi connectivity index (χ2n) is 6.86. The maximum Gasteiger partial charge on any atom is 0.336 e. The van der Waals surface area contributed by atoms with Gasteiger partial charge < -0.3 is 34.6 Å². The van der Waals surface area contributed by atoms with Crippen LogP contribution in [0, 0.1) is 0 Å². The Balaban J connectivity index is 0.00000166. The summed E-state index contributed by atoms with van der Waals surface area (Å²) in [7, 11) is 1.57. The number of carboxylic acid groups (broad SMARTS) is 1. The monoisotopic (exact) mass is 436 g/mol. The van der Waals surface area contributed by atoms with Crippen LogP contribution >= 0.6 is 0 Å². The second-order valence-corrected chi connectivity index (χ2v) is 6.86. The van der Waals surface area contributed by atoms with Gasteiger partial charge in [-0.1, -0.05) is 38.1 Å². The van der Waals surface area contributed by atoms with Gasteiger partial charge in [-0.3, -0.25) is 4.79 Å². The summed E-state index contributed by atoms with van der Waals surface area (Å²) < 4.78 is 15.1. The van der Waals surface area contributed by atoms with Crippen molar-refractivity contribution in [1.82, 2.24) is 0 Å². The Kier molecular flexibility index (Phi) is 8.35. The van der Waals surface area contributed by atoms with Gasteiger partial charge in [0.2, 0.25) is 0 Å². The molecule has 9 heteroatoms. The van der Waals surface area contributed by atoms with Crippen LogP contribution in [0.5, 0.6) is 5.75 Å². The normalized spacial score (nSPS) is 26.4. The van der Waals surface area contributed by atoms with Gasteiger partial charge in [-0.2, -0.15) is 0 Å². The molecule has 0 saturated carbocycles. The first-order chi connectivity index (χ1) is 14.7. The van der Waals surface area contributed by atoms with Crippen molar-refractivity contribution in [2.75, 3.05) is 7.11 Å². The number of rotatable bonds is 5. The zero-order valence-electron chi connectivity index (χ0n) is 17.8. The zero-order valence-corrected chi connectivity index (χ0v) is 17.8. The Morgan fingerprint density at radius 3 is 2.23 bits per heavy atom. The van der Waals surface area contributed by atoms with Crippen LogP contribution in [0.3, 0.4) is 0 Å². The number of methoxy groups -OCH3 is 1. The third-order valence-corrected chi connectivity index (χ3v) is 4.98. The fraction of sp³-hybridized carbons (Fsp3) is 0.455. The van der Waals surface area contributed by atoms with E-state index in [4.69, 9.17) is 14.2 Å². The van der Waals surface area contributed by atoms with E-state index >= 15 is 0 Å². The van der Waals surface area contributed by atoms with Gasteiger partial charge in [-0.15, -0.1) is 0 Å². The minimum Gasteiger partial charge on any atom is -0.497 e. The molecule has 9 nitrogen and oxygen atoms in total.